The van der Waals surface area contributed by atoms with Gasteiger partial charge in [0.1, 0.15) is 11.4 Å². The first-order valence-corrected chi connectivity index (χ1v) is 13.8. The molecule has 5 rings (SSSR count). The van der Waals surface area contributed by atoms with Crippen LogP contribution in [-0.4, -0.2) is 59.9 Å². The number of aromatic nitrogens is 1. The third kappa shape index (κ3) is 5.07. The zero-order valence-electron chi connectivity index (χ0n) is 21.5. The van der Waals surface area contributed by atoms with E-state index in [0.717, 1.165) is 33.6 Å². The molecule has 0 unspecified atom stereocenters. The Labute approximate surface area is 224 Å². The molecule has 38 heavy (non-hydrogen) atoms. The summed E-state index contributed by atoms with van der Waals surface area (Å²) < 4.78 is 20.4. The molecule has 2 aromatic carbocycles. The summed E-state index contributed by atoms with van der Waals surface area (Å²) in [5.41, 5.74) is 2.48. The monoisotopic (exact) mass is 535 g/mol. The topological polar surface area (TPSA) is 71.8 Å². The van der Waals surface area contributed by atoms with Crippen molar-refractivity contribution < 1.29 is 18.7 Å². The number of anilines is 1. The van der Waals surface area contributed by atoms with Crippen LogP contribution in [0.5, 0.6) is 0 Å². The molecule has 7 nitrogen and oxygen atoms in total. The number of pyridine rings is 1. The van der Waals surface area contributed by atoms with Crippen LogP contribution in [0.15, 0.2) is 58.2 Å². The Morgan fingerprint density at radius 2 is 1.79 bits per heavy atom. The van der Waals surface area contributed by atoms with Crippen LogP contribution in [0.25, 0.3) is 10.9 Å². The first-order valence-electron chi connectivity index (χ1n) is 12.8. The SMILES string of the molecule is CCOC(=O)c1c(N2CCN(C(=O)C3=CCCS3)CC2)c2cc(C)ccc2n(Cc2ccc(F)cc2)c1=O. The van der Waals surface area contributed by atoms with Crippen molar-refractivity contribution in [3.63, 3.8) is 0 Å². The average molecular weight is 536 g/mol. The molecule has 0 saturated carbocycles. The molecule has 3 heterocycles. The predicted octanol–water partition coefficient (Wildman–Crippen LogP) is 4.34. The molecule has 0 aliphatic carbocycles. The second kappa shape index (κ2) is 11.0. The van der Waals surface area contributed by atoms with Crippen molar-refractivity contribution in [2.24, 2.45) is 0 Å². The van der Waals surface area contributed by atoms with Gasteiger partial charge in [-0.3, -0.25) is 9.59 Å². The van der Waals surface area contributed by atoms with Gasteiger partial charge in [0.2, 0.25) is 0 Å². The van der Waals surface area contributed by atoms with Crippen LogP contribution >= 0.6 is 11.8 Å². The van der Waals surface area contributed by atoms with Gasteiger partial charge >= 0.3 is 5.97 Å². The van der Waals surface area contributed by atoms with E-state index in [1.54, 1.807) is 35.4 Å². The van der Waals surface area contributed by atoms with E-state index in [9.17, 15) is 18.8 Å². The minimum atomic E-state index is -0.672. The molecule has 1 saturated heterocycles. The lowest BCUT2D eigenvalue weighted by Crippen LogP contribution is -2.50. The number of hydrogen-bond acceptors (Lipinski definition) is 6. The fraction of sp³-hybridized carbons (Fsp3) is 0.345. The lowest BCUT2D eigenvalue weighted by atomic mass is 10.0. The number of rotatable bonds is 6. The molecule has 0 radical (unpaired) electrons. The molecule has 9 heteroatoms. The lowest BCUT2D eigenvalue weighted by Gasteiger charge is -2.37. The van der Waals surface area contributed by atoms with Gasteiger partial charge < -0.3 is 19.1 Å². The second-order valence-electron chi connectivity index (χ2n) is 9.47. The first-order chi connectivity index (χ1) is 18.4. The Morgan fingerprint density at radius 3 is 2.45 bits per heavy atom. The van der Waals surface area contributed by atoms with Crippen LogP contribution in [0.2, 0.25) is 0 Å². The first kappa shape index (κ1) is 26.0. The number of piperazine rings is 1. The lowest BCUT2D eigenvalue weighted by molar-refractivity contribution is -0.126. The Hall–Kier alpha value is -3.59. The second-order valence-corrected chi connectivity index (χ2v) is 10.6. The van der Waals surface area contributed by atoms with Crippen molar-refractivity contribution >= 4 is 40.2 Å². The quantitative estimate of drug-likeness (QED) is 0.438. The number of carbonyl (C=O) groups is 2. The summed E-state index contributed by atoms with van der Waals surface area (Å²) >= 11 is 1.59. The van der Waals surface area contributed by atoms with Crippen LogP contribution in [0.4, 0.5) is 10.1 Å². The van der Waals surface area contributed by atoms with Crippen LogP contribution in [0.3, 0.4) is 0 Å². The van der Waals surface area contributed by atoms with Crippen molar-refractivity contribution in [1.82, 2.24) is 9.47 Å². The number of fused-ring (bicyclic) bond motifs is 1. The molecule has 2 aliphatic rings. The summed E-state index contributed by atoms with van der Waals surface area (Å²) in [5.74, 6) is -0.0451. The predicted molar refractivity (Wildman–Crippen MR) is 148 cm³/mol. The Bertz CT molecular complexity index is 1470. The minimum absolute atomic E-state index is 0.0131. The summed E-state index contributed by atoms with van der Waals surface area (Å²) in [6.45, 7) is 5.94. The van der Waals surface area contributed by atoms with Crippen LogP contribution in [-0.2, 0) is 16.1 Å². The third-order valence-corrected chi connectivity index (χ3v) is 8.02. The number of esters is 1. The highest BCUT2D eigenvalue weighted by molar-refractivity contribution is 8.04. The van der Waals surface area contributed by atoms with E-state index in [0.29, 0.717) is 37.4 Å². The number of ether oxygens (including phenoxy) is 1. The van der Waals surface area contributed by atoms with Gasteiger partial charge in [-0.05, 0) is 50.1 Å². The maximum absolute atomic E-state index is 14.0. The normalized spacial score (nSPS) is 15.6. The van der Waals surface area contributed by atoms with Gasteiger partial charge in [-0.15, -0.1) is 11.8 Å². The Balaban J connectivity index is 1.59. The molecule has 0 spiro atoms. The Kier molecular flexibility index (Phi) is 7.56. The summed E-state index contributed by atoms with van der Waals surface area (Å²) in [7, 11) is 0. The summed E-state index contributed by atoms with van der Waals surface area (Å²) in [4.78, 5) is 44.8. The van der Waals surface area contributed by atoms with E-state index in [2.05, 4.69) is 0 Å². The van der Waals surface area contributed by atoms with Crippen molar-refractivity contribution in [2.75, 3.05) is 43.4 Å². The molecular formula is C29H30FN3O4S. The number of carbonyl (C=O) groups excluding carboxylic acids is 2. The molecule has 1 amide bonds. The van der Waals surface area contributed by atoms with E-state index in [-0.39, 0.29) is 30.4 Å². The van der Waals surface area contributed by atoms with Gasteiger partial charge in [-0.25, -0.2) is 9.18 Å². The number of allylic oxidation sites excluding steroid dienone is 1. The average Bonchev–Trinajstić information content (AvgIpc) is 3.46. The molecule has 0 bridgehead atoms. The number of amides is 1. The third-order valence-electron chi connectivity index (χ3n) is 6.93. The molecule has 0 N–H and O–H groups in total. The smallest absolute Gasteiger partial charge is 0.345 e. The van der Waals surface area contributed by atoms with Crippen molar-refractivity contribution in [3.05, 3.63) is 86.3 Å². The van der Waals surface area contributed by atoms with Crippen molar-refractivity contribution in [3.8, 4) is 0 Å². The Morgan fingerprint density at radius 1 is 1.05 bits per heavy atom. The van der Waals surface area contributed by atoms with E-state index < -0.39 is 11.5 Å². The van der Waals surface area contributed by atoms with Gasteiger partial charge in [0.15, 0.2) is 0 Å². The van der Waals surface area contributed by atoms with Gasteiger partial charge in [-0.1, -0.05) is 29.8 Å². The molecule has 1 fully saturated rings. The van der Waals surface area contributed by atoms with E-state index >= 15 is 0 Å². The molecule has 198 valence electrons. The highest BCUT2D eigenvalue weighted by Crippen LogP contribution is 2.33. The highest BCUT2D eigenvalue weighted by atomic mass is 32.2. The number of nitrogens with zero attached hydrogens (tertiary/aromatic N) is 3. The molecule has 1 aromatic heterocycles. The molecular weight excluding hydrogens is 505 g/mol. The fourth-order valence-electron chi connectivity index (χ4n) is 5.06. The van der Waals surface area contributed by atoms with Crippen LogP contribution < -0.4 is 10.5 Å². The maximum atomic E-state index is 14.0. The van der Waals surface area contributed by atoms with Crippen LogP contribution in [0.1, 0.15) is 34.8 Å². The number of hydrogen-bond donors (Lipinski definition) is 0. The summed E-state index contributed by atoms with van der Waals surface area (Å²) in [5, 5.41) is 0.767. The molecule has 0 atom stereocenters. The fourth-order valence-corrected chi connectivity index (χ4v) is 6.00. The number of benzene rings is 2. The standard InChI is InChI=1S/C29H30FN3O4S/c1-3-37-29(36)25-26(31-12-14-32(15-13-31)27(34)24-5-4-16-38-24)22-17-19(2)6-11-23(22)33(28(25)35)18-20-7-9-21(30)10-8-20/h5-11,17H,3-4,12-16,18H2,1-2H3. The highest BCUT2D eigenvalue weighted by Gasteiger charge is 2.31. The zero-order chi connectivity index (χ0) is 26.8. The van der Waals surface area contributed by atoms with Gasteiger partial charge in [0.25, 0.3) is 11.5 Å². The summed E-state index contributed by atoms with van der Waals surface area (Å²) in [6, 6.07) is 11.8. The number of aryl methyl sites for hydroxylation is 1. The van der Waals surface area contributed by atoms with Crippen LogP contribution in [0, 0.1) is 12.7 Å². The number of thioether (sulfide) groups is 1. The van der Waals surface area contributed by atoms with Gasteiger partial charge in [0, 0.05) is 37.3 Å². The van der Waals surface area contributed by atoms with Crippen molar-refractivity contribution in [1.29, 1.82) is 0 Å². The summed E-state index contributed by atoms with van der Waals surface area (Å²) in [6.07, 6.45) is 2.91. The largest absolute Gasteiger partial charge is 0.462 e. The van der Waals surface area contributed by atoms with E-state index in [1.165, 1.54) is 12.1 Å². The number of halogens is 1. The maximum Gasteiger partial charge on any atom is 0.345 e. The molecule has 3 aromatic rings. The van der Waals surface area contributed by atoms with Crippen molar-refractivity contribution in [2.45, 2.75) is 26.8 Å². The minimum Gasteiger partial charge on any atom is -0.462 e. The zero-order valence-corrected chi connectivity index (χ0v) is 22.4. The van der Waals surface area contributed by atoms with E-state index in [1.807, 2.05) is 41.0 Å². The molecule has 2 aliphatic heterocycles. The van der Waals surface area contributed by atoms with Gasteiger partial charge in [-0.2, -0.15) is 0 Å². The van der Waals surface area contributed by atoms with Gasteiger partial charge in [0.05, 0.1) is 29.3 Å². The van der Waals surface area contributed by atoms with E-state index in [4.69, 9.17) is 4.74 Å².